The summed E-state index contributed by atoms with van der Waals surface area (Å²) in [6, 6.07) is 0. The summed E-state index contributed by atoms with van der Waals surface area (Å²) in [5, 5.41) is 0. The van der Waals surface area contributed by atoms with Gasteiger partial charge in [-0.05, 0) is 19.3 Å². The van der Waals surface area contributed by atoms with Crippen molar-refractivity contribution in [1.82, 2.24) is 9.80 Å². The van der Waals surface area contributed by atoms with Crippen LogP contribution in [0, 0.1) is 5.92 Å². The van der Waals surface area contributed by atoms with Crippen molar-refractivity contribution in [3.8, 4) is 0 Å². The van der Waals surface area contributed by atoms with Crippen LogP contribution in [-0.2, 0) is 14.3 Å². The SMILES string of the molecule is CCCN(C)C(=O)C1CCN(C(=O)COC)CC1. The lowest BCUT2D eigenvalue weighted by Gasteiger charge is -2.33. The fourth-order valence-corrected chi connectivity index (χ4v) is 2.35. The van der Waals surface area contributed by atoms with Crippen molar-refractivity contribution in [2.24, 2.45) is 5.92 Å². The molecule has 0 aromatic carbocycles. The highest BCUT2D eigenvalue weighted by molar-refractivity contribution is 5.80. The lowest BCUT2D eigenvalue weighted by atomic mass is 9.95. The summed E-state index contributed by atoms with van der Waals surface area (Å²) in [5.41, 5.74) is 0. The van der Waals surface area contributed by atoms with Gasteiger partial charge in [0.15, 0.2) is 0 Å². The fraction of sp³-hybridized carbons (Fsp3) is 0.846. The molecule has 5 heteroatoms. The van der Waals surface area contributed by atoms with Crippen LogP contribution in [0.2, 0.25) is 0 Å². The van der Waals surface area contributed by atoms with Crippen LogP contribution in [0.25, 0.3) is 0 Å². The first-order valence-electron chi connectivity index (χ1n) is 6.61. The summed E-state index contributed by atoms with van der Waals surface area (Å²) in [6.07, 6.45) is 2.51. The molecule has 1 saturated heterocycles. The summed E-state index contributed by atoms with van der Waals surface area (Å²) in [5.74, 6) is 0.314. The van der Waals surface area contributed by atoms with Gasteiger partial charge in [-0.3, -0.25) is 9.59 Å². The minimum absolute atomic E-state index is 0.0188. The summed E-state index contributed by atoms with van der Waals surface area (Å²) in [6.45, 7) is 4.34. The Morgan fingerprint density at radius 3 is 2.44 bits per heavy atom. The smallest absolute Gasteiger partial charge is 0.248 e. The number of carbonyl (C=O) groups is 2. The molecule has 1 heterocycles. The monoisotopic (exact) mass is 256 g/mol. The molecule has 1 fully saturated rings. The first-order valence-corrected chi connectivity index (χ1v) is 6.61. The van der Waals surface area contributed by atoms with Crippen LogP contribution in [0.3, 0.4) is 0 Å². The number of nitrogens with zero attached hydrogens (tertiary/aromatic N) is 2. The Hall–Kier alpha value is -1.10. The lowest BCUT2D eigenvalue weighted by Crippen LogP contribution is -2.44. The number of rotatable bonds is 5. The average molecular weight is 256 g/mol. The first-order chi connectivity index (χ1) is 8.60. The van der Waals surface area contributed by atoms with Crippen LogP contribution < -0.4 is 0 Å². The maximum absolute atomic E-state index is 12.1. The normalized spacial score (nSPS) is 16.7. The molecule has 1 aliphatic rings. The Labute approximate surface area is 109 Å². The number of methoxy groups -OCH3 is 1. The Balaban J connectivity index is 2.39. The van der Waals surface area contributed by atoms with Crippen molar-refractivity contribution < 1.29 is 14.3 Å². The molecule has 1 aliphatic heterocycles. The van der Waals surface area contributed by atoms with Gasteiger partial charge >= 0.3 is 0 Å². The van der Waals surface area contributed by atoms with E-state index in [4.69, 9.17) is 4.74 Å². The van der Waals surface area contributed by atoms with Gasteiger partial charge in [-0.1, -0.05) is 6.92 Å². The molecule has 1 rings (SSSR count). The number of likely N-dealkylation sites (tertiary alicyclic amines) is 1. The second-order valence-electron chi connectivity index (χ2n) is 4.85. The zero-order valence-electron chi connectivity index (χ0n) is 11.6. The zero-order chi connectivity index (χ0) is 13.5. The average Bonchev–Trinajstić information content (AvgIpc) is 2.38. The molecule has 0 bridgehead atoms. The number of carbonyl (C=O) groups excluding carboxylic acids is 2. The molecule has 0 unspecified atom stereocenters. The third kappa shape index (κ3) is 3.98. The van der Waals surface area contributed by atoms with E-state index < -0.39 is 0 Å². The van der Waals surface area contributed by atoms with Crippen LogP contribution in [0.15, 0.2) is 0 Å². The lowest BCUT2D eigenvalue weighted by molar-refractivity contribution is -0.141. The number of ether oxygens (including phenoxy) is 1. The van der Waals surface area contributed by atoms with E-state index in [-0.39, 0.29) is 24.3 Å². The Kier molecular flexibility index (Phi) is 6.12. The third-order valence-electron chi connectivity index (χ3n) is 3.40. The largest absolute Gasteiger partial charge is 0.375 e. The molecule has 104 valence electrons. The molecule has 0 saturated carbocycles. The molecule has 0 aromatic rings. The second kappa shape index (κ2) is 7.36. The van der Waals surface area contributed by atoms with E-state index in [9.17, 15) is 9.59 Å². The molecule has 5 nitrogen and oxygen atoms in total. The van der Waals surface area contributed by atoms with Crippen molar-refractivity contribution in [2.45, 2.75) is 26.2 Å². The van der Waals surface area contributed by atoms with E-state index in [0.29, 0.717) is 13.1 Å². The zero-order valence-corrected chi connectivity index (χ0v) is 11.6. The Morgan fingerprint density at radius 2 is 1.94 bits per heavy atom. The van der Waals surface area contributed by atoms with Gasteiger partial charge in [0.05, 0.1) is 0 Å². The van der Waals surface area contributed by atoms with Gasteiger partial charge in [0, 0.05) is 39.7 Å². The highest BCUT2D eigenvalue weighted by Crippen LogP contribution is 2.19. The minimum atomic E-state index is 0.0188. The fourth-order valence-electron chi connectivity index (χ4n) is 2.35. The van der Waals surface area contributed by atoms with Crippen molar-refractivity contribution in [2.75, 3.05) is 40.4 Å². The number of hydrogen-bond acceptors (Lipinski definition) is 3. The van der Waals surface area contributed by atoms with Crippen LogP contribution in [0.5, 0.6) is 0 Å². The summed E-state index contributed by atoms with van der Waals surface area (Å²) in [4.78, 5) is 27.3. The van der Waals surface area contributed by atoms with E-state index in [1.807, 2.05) is 7.05 Å². The number of amides is 2. The van der Waals surface area contributed by atoms with Gasteiger partial charge < -0.3 is 14.5 Å². The Bertz CT molecular complexity index is 286. The van der Waals surface area contributed by atoms with Crippen LogP contribution in [0.1, 0.15) is 26.2 Å². The molecule has 0 N–H and O–H groups in total. The van der Waals surface area contributed by atoms with E-state index in [0.717, 1.165) is 25.8 Å². The van der Waals surface area contributed by atoms with Gasteiger partial charge in [-0.2, -0.15) is 0 Å². The van der Waals surface area contributed by atoms with Crippen molar-refractivity contribution in [3.63, 3.8) is 0 Å². The van der Waals surface area contributed by atoms with Crippen molar-refractivity contribution in [1.29, 1.82) is 0 Å². The van der Waals surface area contributed by atoms with E-state index in [2.05, 4.69) is 6.92 Å². The highest BCUT2D eigenvalue weighted by atomic mass is 16.5. The van der Waals surface area contributed by atoms with Gasteiger partial charge in [0.25, 0.3) is 0 Å². The van der Waals surface area contributed by atoms with Crippen LogP contribution in [0.4, 0.5) is 0 Å². The molecular formula is C13H24N2O3. The topological polar surface area (TPSA) is 49.9 Å². The maximum Gasteiger partial charge on any atom is 0.248 e. The molecule has 18 heavy (non-hydrogen) atoms. The molecular weight excluding hydrogens is 232 g/mol. The third-order valence-corrected chi connectivity index (χ3v) is 3.40. The van der Waals surface area contributed by atoms with E-state index in [1.165, 1.54) is 7.11 Å². The van der Waals surface area contributed by atoms with Crippen LogP contribution in [-0.4, -0.2) is 62.0 Å². The summed E-state index contributed by atoms with van der Waals surface area (Å²) >= 11 is 0. The van der Waals surface area contributed by atoms with E-state index in [1.54, 1.807) is 9.80 Å². The molecule has 0 spiro atoms. The van der Waals surface area contributed by atoms with Gasteiger partial charge in [-0.15, -0.1) is 0 Å². The molecule has 0 atom stereocenters. The number of hydrogen-bond donors (Lipinski definition) is 0. The van der Waals surface area contributed by atoms with Crippen molar-refractivity contribution >= 4 is 11.8 Å². The predicted molar refractivity (Wildman–Crippen MR) is 69.1 cm³/mol. The van der Waals surface area contributed by atoms with Gasteiger partial charge in [-0.25, -0.2) is 0 Å². The maximum atomic E-state index is 12.1. The summed E-state index contributed by atoms with van der Waals surface area (Å²) in [7, 11) is 3.38. The standard InChI is InChI=1S/C13H24N2O3/c1-4-7-14(2)13(17)11-5-8-15(9-6-11)12(16)10-18-3/h11H,4-10H2,1-3H3. The summed E-state index contributed by atoms with van der Waals surface area (Å²) < 4.78 is 4.83. The molecule has 0 radical (unpaired) electrons. The second-order valence-corrected chi connectivity index (χ2v) is 4.85. The minimum Gasteiger partial charge on any atom is -0.375 e. The van der Waals surface area contributed by atoms with Crippen LogP contribution >= 0.6 is 0 Å². The predicted octanol–water partition coefficient (Wildman–Crippen LogP) is 0.740. The molecule has 2 amide bonds. The quantitative estimate of drug-likeness (QED) is 0.729. The highest BCUT2D eigenvalue weighted by Gasteiger charge is 2.28. The van der Waals surface area contributed by atoms with Gasteiger partial charge in [0.2, 0.25) is 11.8 Å². The molecule has 0 aromatic heterocycles. The Morgan fingerprint density at radius 1 is 1.33 bits per heavy atom. The molecule has 0 aliphatic carbocycles. The number of piperidine rings is 1. The van der Waals surface area contributed by atoms with Gasteiger partial charge in [0.1, 0.15) is 6.61 Å². The first kappa shape index (κ1) is 15.0. The van der Waals surface area contributed by atoms with Crippen molar-refractivity contribution in [3.05, 3.63) is 0 Å². The van der Waals surface area contributed by atoms with E-state index >= 15 is 0 Å².